The third kappa shape index (κ3) is 15.6. The summed E-state index contributed by atoms with van der Waals surface area (Å²) in [4.78, 5) is 126. The molecule has 4 aliphatic heterocycles. The van der Waals surface area contributed by atoms with E-state index in [-0.39, 0.29) is 51.9 Å². The van der Waals surface area contributed by atoms with E-state index in [0.717, 1.165) is 87.9 Å². The zero-order valence-electron chi connectivity index (χ0n) is 73.7. The molecule has 4 amide bonds. The minimum atomic E-state index is -0.0669. The van der Waals surface area contributed by atoms with Gasteiger partial charge in [-0.1, -0.05) is 26.3 Å². The molecule has 16 heterocycles. The number of methoxy groups -OCH3 is 4. The summed E-state index contributed by atoms with van der Waals surface area (Å²) in [5, 5.41) is 30.6. The number of nitrogens with one attached hydrogen (secondary N) is 4. The van der Waals surface area contributed by atoms with E-state index in [4.69, 9.17) is 18.9 Å². The number of amides is 4. The van der Waals surface area contributed by atoms with Gasteiger partial charge in [0.1, 0.15) is 66.9 Å². The summed E-state index contributed by atoms with van der Waals surface area (Å²) in [6, 6.07) is 0.441. The third-order valence-electron chi connectivity index (χ3n) is 27.1. The molecular formula is C88H106N28O12. The van der Waals surface area contributed by atoms with E-state index in [9.17, 15) is 38.4 Å². The van der Waals surface area contributed by atoms with E-state index in [1.165, 1.54) is 24.3 Å². The lowest BCUT2D eigenvalue weighted by Gasteiger charge is -2.19. The maximum Gasteiger partial charge on any atom is 0.276 e. The number of hydrogen-bond acceptors (Lipinski definition) is 24. The monoisotopic (exact) mass is 1750 g/mol. The quantitative estimate of drug-likeness (QED) is 0.0433. The van der Waals surface area contributed by atoms with Crippen molar-refractivity contribution < 1.29 is 38.1 Å². The van der Waals surface area contributed by atoms with Crippen LogP contribution in [0.2, 0.25) is 0 Å². The van der Waals surface area contributed by atoms with Crippen molar-refractivity contribution in [3.8, 4) is 23.5 Å². The molecule has 8 unspecified atom stereocenters. The Morgan fingerprint density at radius 2 is 0.617 bits per heavy atom. The largest absolute Gasteiger partial charge is 0.478 e. The standard InChI is InChI=1S/C23H27N7O3.C23H29N7O3.2C21H25N7O3/c1-4-19(31)28-7-14-15(8-28)16(14)9-29-11-17(25-18-10-27(2)26-22(18)33-3)20-21(23(29)32)30(12-24-20)13-5-6-13;1-6-19(31)28-7-14-15(8-28)16(14)9-29-11-17(25-18-10-27(4)26-22(18)33-5)20-21(23(29)32)30(12-24-20)13(2)3;2*1-5-17(29)27-6-12-13(7-27)14(12)8-28-10-15(18-19(21(28)30)25(2)11-22-18)23-16-9-26(3)24-20(16)31-4/h4,10-16,25H,1,5-9H2,2-3H3;6,10-16,25H,1,7-9H2,2-5H3;2*5,9-14,23H,1,6-8H2,2-4H3. The molecule has 128 heavy (non-hydrogen) atoms. The van der Waals surface area contributed by atoms with Gasteiger partial charge in [-0.3, -0.25) is 57.1 Å². The summed E-state index contributed by atoms with van der Waals surface area (Å²) in [5.41, 5.74) is 10.3. The van der Waals surface area contributed by atoms with Crippen molar-refractivity contribution in [3.05, 3.63) is 167 Å². The number of anilines is 8. The van der Waals surface area contributed by atoms with E-state index in [1.54, 1.807) is 95.3 Å². The molecule has 0 spiro atoms. The first kappa shape index (κ1) is 84.6. The number of rotatable bonds is 26. The van der Waals surface area contributed by atoms with E-state index < -0.39 is 0 Å². The molecule has 0 radical (unpaired) electrons. The molecule has 5 saturated carbocycles. The van der Waals surface area contributed by atoms with E-state index in [1.807, 2.05) is 139 Å². The Labute approximate surface area is 733 Å². The molecule has 4 N–H and O–H groups in total. The Morgan fingerprint density at radius 1 is 0.367 bits per heavy atom. The molecule has 8 atom stereocenters. The van der Waals surface area contributed by atoms with Gasteiger partial charge in [-0.05, 0) is 122 Å². The van der Waals surface area contributed by atoms with Crippen LogP contribution in [0.25, 0.3) is 44.1 Å². The molecule has 670 valence electrons. The Balaban J connectivity index is 0.000000115. The third-order valence-corrected chi connectivity index (χ3v) is 27.1. The summed E-state index contributed by atoms with van der Waals surface area (Å²) < 4.78 is 42.7. The Morgan fingerprint density at radius 3 is 0.883 bits per heavy atom. The van der Waals surface area contributed by atoms with Gasteiger partial charge in [0.15, 0.2) is 0 Å². The number of aryl methyl sites for hydroxylation is 6. The average molecular weight is 1750 g/mol. The highest BCUT2D eigenvalue weighted by atomic mass is 16.5. The number of ether oxygens (including phenoxy) is 4. The van der Waals surface area contributed by atoms with E-state index >= 15 is 0 Å². The van der Waals surface area contributed by atoms with Crippen LogP contribution < -0.4 is 62.5 Å². The number of imidazole rings is 4. The minimum Gasteiger partial charge on any atom is -0.478 e. The predicted molar refractivity (Wildman–Crippen MR) is 478 cm³/mol. The van der Waals surface area contributed by atoms with Gasteiger partial charge in [0.2, 0.25) is 23.6 Å². The zero-order valence-corrected chi connectivity index (χ0v) is 73.7. The average Bonchev–Trinajstić information content (AvgIpc) is 1.52. The Kier molecular flexibility index (Phi) is 22.0. The summed E-state index contributed by atoms with van der Waals surface area (Å²) in [6.07, 6.45) is 29.1. The number of piperidine rings is 4. The molecule has 40 nitrogen and oxygen atoms in total. The molecule has 9 fully saturated rings. The molecule has 5 aliphatic carbocycles. The van der Waals surface area contributed by atoms with Gasteiger partial charge in [0.05, 0.1) is 101 Å². The van der Waals surface area contributed by atoms with Gasteiger partial charge >= 0.3 is 0 Å². The molecular weight excluding hydrogens is 1640 g/mol. The van der Waals surface area contributed by atoms with Gasteiger partial charge in [0, 0.05) is 158 Å². The maximum absolute atomic E-state index is 13.5. The van der Waals surface area contributed by atoms with E-state index in [0.29, 0.717) is 194 Å². The summed E-state index contributed by atoms with van der Waals surface area (Å²) >= 11 is 0. The van der Waals surface area contributed by atoms with Crippen molar-refractivity contribution in [3.63, 3.8) is 0 Å². The molecule has 0 bridgehead atoms. The number of pyridine rings is 4. The predicted octanol–water partition coefficient (Wildman–Crippen LogP) is 6.29. The van der Waals surface area contributed by atoms with Crippen LogP contribution in [0.3, 0.4) is 0 Å². The number of hydrogen-bond donors (Lipinski definition) is 4. The van der Waals surface area contributed by atoms with Crippen molar-refractivity contribution in [1.29, 1.82) is 0 Å². The highest BCUT2D eigenvalue weighted by Gasteiger charge is 2.59. The zero-order chi connectivity index (χ0) is 90.0. The topological polar surface area (TPSA) is 397 Å². The van der Waals surface area contributed by atoms with Crippen molar-refractivity contribution in [1.82, 2.24) is 115 Å². The van der Waals surface area contributed by atoms with Gasteiger partial charge in [0.25, 0.3) is 45.8 Å². The van der Waals surface area contributed by atoms with Gasteiger partial charge in [-0.25, -0.2) is 19.9 Å². The van der Waals surface area contributed by atoms with Crippen LogP contribution in [-0.4, -0.2) is 220 Å². The molecule has 21 rings (SSSR count). The van der Waals surface area contributed by atoms with Crippen LogP contribution in [-0.2, 0) is 87.6 Å². The summed E-state index contributed by atoms with van der Waals surface area (Å²) in [7, 11) is 17.2. The highest BCUT2D eigenvalue weighted by molar-refractivity contribution is 5.94. The van der Waals surface area contributed by atoms with Crippen molar-refractivity contribution >= 4 is 113 Å². The number of carbonyl (C=O) groups is 4. The summed E-state index contributed by atoms with van der Waals surface area (Å²) in [5.74, 6) is 6.87. The fraction of sp³-hybridized carbons (Fsp3) is 0.455. The molecule has 4 saturated heterocycles. The fourth-order valence-corrected chi connectivity index (χ4v) is 20.1. The smallest absolute Gasteiger partial charge is 0.276 e. The molecule has 9 aliphatic rings. The summed E-state index contributed by atoms with van der Waals surface area (Å²) in [6.45, 7) is 26.8. The highest BCUT2D eigenvalue weighted by Crippen LogP contribution is 2.56. The lowest BCUT2D eigenvalue weighted by atomic mass is 10.2. The Hall–Kier alpha value is -14.2. The first-order valence-electron chi connectivity index (χ1n) is 42.9. The van der Waals surface area contributed by atoms with Crippen LogP contribution in [0.4, 0.5) is 45.5 Å². The van der Waals surface area contributed by atoms with Gasteiger partial charge in [-0.2, -0.15) is 0 Å². The number of nitrogens with zero attached hydrogens (tertiary/aromatic N) is 24. The normalized spacial score (nSPS) is 22.2. The number of aromatic nitrogens is 20. The second-order valence-corrected chi connectivity index (χ2v) is 35.3. The Bertz CT molecular complexity index is 6290. The fourth-order valence-electron chi connectivity index (χ4n) is 20.1. The van der Waals surface area contributed by atoms with Gasteiger partial charge < -0.3 is 96.4 Å². The molecule has 0 aromatic carbocycles. The van der Waals surface area contributed by atoms with Crippen molar-refractivity contribution in [2.75, 3.05) is 102 Å². The van der Waals surface area contributed by atoms with Crippen molar-refractivity contribution in [2.45, 2.75) is 65.0 Å². The lowest BCUT2D eigenvalue weighted by Crippen LogP contribution is -2.31. The van der Waals surface area contributed by atoms with Gasteiger partial charge in [-0.15, -0.1) is 20.4 Å². The number of carbonyl (C=O) groups excluding carboxylic acids is 4. The van der Waals surface area contributed by atoms with Crippen molar-refractivity contribution in [2.24, 2.45) is 113 Å². The second-order valence-electron chi connectivity index (χ2n) is 35.3. The van der Waals surface area contributed by atoms with Crippen LogP contribution in [0.1, 0.15) is 38.8 Å². The van der Waals surface area contributed by atoms with E-state index in [2.05, 4.69) is 87.9 Å². The lowest BCUT2D eigenvalue weighted by molar-refractivity contribution is -0.126. The van der Waals surface area contributed by atoms with Crippen LogP contribution >= 0.6 is 0 Å². The number of fused-ring (bicyclic) bond motifs is 8. The molecule has 12 aromatic heterocycles. The molecule has 40 heteroatoms. The van der Waals surface area contributed by atoms with Crippen LogP contribution in [0, 0.1) is 71.0 Å². The van der Waals surface area contributed by atoms with Crippen LogP contribution in [0.5, 0.6) is 23.5 Å². The minimum absolute atomic E-state index is 0.00947. The second kappa shape index (κ2) is 33.3. The van der Waals surface area contributed by atoms with Crippen LogP contribution in [0.15, 0.2) is 145 Å². The first-order chi connectivity index (χ1) is 61.6. The maximum atomic E-state index is 13.5. The molecule has 12 aromatic rings. The first-order valence-corrected chi connectivity index (χ1v) is 42.9. The SMILES string of the molecule is C=CC(=O)N1CC2C(C1)C2Cn1cc(Nc2cn(C)nc2OC)c2ncn(C(C)C)c2c1=O.C=CC(=O)N1CC2C(C1)C2Cn1cc(Nc2cn(C)nc2OC)c2ncn(C)c2c1=O.C=CC(=O)N1CC2C(C1)C2Cn1cc(Nc2cn(C)nc2OC)c2ncn(C)c2c1=O.C=CC(=O)N1CC2C(C1)C2Cn1cc(Nc2cn(C)nc2OC)c2ncn(C3CC3)c2c1=O. The number of likely N-dealkylation sites (tertiary alicyclic amines) is 4.